The monoisotopic (exact) mass is 477 g/mol. The van der Waals surface area contributed by atoms with Gasteiger partial charge in [-0.15, -0.1) is 0 Å². The molecule has 2 aromatic heterocycles. The molecule has 0 bridgehead atoms. The summed E-state index contributed by atoms with van der Waals surface area (Å²) in [6.07, 6.45) is 2.00. The number of fused-ring (bicyclic) bond motifs is 1. The van der Waals surface area contributed by atoms with E-state index in [0.717, 1.165) is 5.69 Å². The van der Waals surface area contributed by atoms with Crippen LogP contribution in [0.1, 0.15) is 0 Å². The summed E-state index contributed by atoms with van der Waals surface area (Å²) in [5, 5.41) is 14.0. The number of aryl methyl sites for hydroxylation is 1. The van der Waals surface area contributed by atoms with Crippen molar-refractivity contribution in [1.29, 1.82) is 0 Å². The summed E-state index contributed by atoms with van der Waals surface area (Å²) in [5.74, 6) is 0.824. The highest BCUT2D eigenvalue weighted by Crippen LogP contribution is 2.35. The van der Waals surface area contributed by atoms with Gasteiger partial charge in [-0.25, -0.2) is 13.8 Å². The van der Waals surface area contributed by atoms with Crippen LogP contribution in [0.4, 0.5) is 26.2 Å². The molecule has 0 spiro atoms. The Labute approximate surface area is 183 Å². The first-order valence-corrected chi connectivity index (χ1v) is 11.7. The van der Waals surface area contributed by atoms with E-state index in [1.165, 1.54) is 6.20 Å². The maximum Gasteiger partial charge on any atom is 0.261 e. The lowest BCUT2D eigenvalue weighted by molar-refractivity contribution is 0.0682. The number of alkyl halides is 2. The molecule has 4 rings (SSSR count). The van der Waals surface area contributed by atoms with Crippen molar-refractivity contribution in [1.82, 2.24) is 24.8 Å². The molecule has 2 aromatic rings. The summed E-state index contributed by atoms with van der Waals surface area (Å²) in [4.78, 5) is 8.64. The molecule has 0 aromatic carbocycles. The normalized spacial score (nSPS) is 26.3. The molecule has 5 unspecified atom stereocenters. The Hall–Kier alpha value is -1.69. The Morgan fingerprint density at radius 3 is 2.74 bits per heavy atom. The van der Waals surface area contributed by atoms with Gasteiger partial charge in [-0.3, -0.25) is 9.77 Å². The Morgan fingerprint density at radius 2 is 2.03 bits per heavy atom. The highest BCUT2D eigenvalue weighted by atomic mass is 35.5. The third kappa shape index (κ3) is 5.57. The molecule has 2 aliphatic heterocycles. The number of aromatic nitrogens is 4. The standard InChI is InChI=1S/C17H23ClF2N7O3P/c1-27-5-9(3-22-27)23-17-21-4-10(18)16(25-17)24-11-6-28-15-12(7-29-14(11)15)26-31(2)30-8-13(19)20/h3-5,11-15,26H,6-8H2,1-2H3,(H2,21,23,24,25). The molecule has 2 aliphatic rings. The van der Waals surface area contributed by atoms with Gasteiger partial charge in [-0.2, -0.15) is 10.1 Å². The molecule has 0 radical (unpaired) electrons. The minimum Gasteiger partial charge on any atom is -0.371 e. The van der Waals surface area contributed by atoms with Crippen LogP contribution in [0, 0.1) is 0 Å². The predicted molar refractivity (Wildman–Crippen MR) is 112 cm³/mol. The molecule has 170 valence electrons. The van der Waals surface area contributed by atoms with Gasteiger partial charge in [0.15, 0.2) is 5.82 Å². The Bertz CT molecular complexity index is 895. The lowest BCUT2D eigenvalue weighted by Gasteiger charge is -2.22. The molecular weight excluding hydrogens is 455 g/mol. The first-order chi connectivity index (χ1) is 14.9. The minimum absolute atomic E-state index is 0.144. The molecule has 31 heavy (non-hydrogen) atoms. The summed E-state index contributed by atoms with van der Waals surface area (Å²) < 4.78 is 43.3. The largest absolute Gasteiger partial charge is 0.371 e. The van der Waals surface area contributed by atoms with Crippen molar-refractivity contribution in [2.75, 3.05) is 37.1 Å². The molecule has 2 fully saturated rings. The van der Waals surface area contributed by atoms with Gasteiger partial charge in [0.25, 0.3) is 6.43 Å². The van der Waals surface area contributed by atoms with E-state index in [1.54, 1.807) is 23.7 Å². The van der Waals surface area contributed by atoms with Gasteiger partial charge in [-0.05, 0) is 6.66 Å². The smallest absolute Gasteiger partial charge is 0.261 e. The van der Waals surface area contributed by atoms with E-state index in [2.05, 4.69) is 30.8 Å². The van der Waals surface area contributed by atoms with Crippen LogP contribution in [-0.2, 0) is 21.0 Å². The lowest BCUT2D eigenvalue weighted by atomic mass is 10.1. The van der Waals surface area contributed by atoms with Gasteiger partial charge < -0.3 is 24.6 Å². The number of nitrogens with zero attached hydrogens (tertiary/aromatic N) is 4. The maximum absolute atomic E-state index is 12.3. The quantitative estimate of drug-likeness (QED) is 0.469. The van der Waals surface area contributed by atoms with E-state index < -0.39 is 21.3 Å². The summed E-state index contributed by atoms with van der Waals surface area (Å²) in [7, 11) is 0.604. The van der Waals surface area contributed by atoms with Gasteiger partial charge in [-0.1, -0.05) is 11.6 Å². The fourth-order valence-corrected chi connectivity index (χ4v) is 4.74. The second-order valence-corrected chi connectivity index (χ2v) is 9.10. The average Bonchev–Trinajstić information content (AvgIpc) is 3.42. The van der Waals surface area contributed by atoms with E-state index >= 15 is 0 Å². The second-order valence-electron chi connectivity index (χ2n) is 7.18. The van der Waals surface area contributed by atoms with Crippen LogP contribution in [0.2, 0.25) is 5.02 Å². The van der Waals surface area contributed by atoms with Gasteiger partial charge in [0.05, 0.1) is 51.7 Å². The molecular formula is C17H23ClF2N7O3P. The van der Waals surface area contributed by atoms with E-state index in [9.17, 15) is 8.78 Å². The number of hydrogen-bond donors (Lipinski definition) is 3. The zero-order valence-electron chi connectivity index (χ0n) is 16.8. The van der Waals surface area contributed by atoms with Crippen molar-refractivity contribution >= 4 is 37.4 Å². The maximum atomic E-state index is 12.3. The number of ether oxygens (including phenoxy) is 2. The summed E-state index contributed by atoms with van der Waals surface area (Å²) in [6.45, 7) is 1.93. The van der Waals surface area contributed by atoms with E-state index in [1.807, 2.05) is 7.05 Å². The van der Waals surface area contributed by atoms with Crippen LogP contribution < -0.4 is 15.7 Å². The predicted octanol–water partition coefficient (Wildman–Crippen LogP) is 2.37. The molecule has 0 saturated carbocycles. The number of nitrogens with one attached hydrogen (secondary N) is 3. The first kappa shape index (κ1) is 22.5. The van der Waals surface area contributed by atoms with Gasteiger partial charge >= 0.3 is 0 Å². The Balaban J connectivity index is 1.36. The fourth-order valence-electron chi connectivity index (χ4n) is 3.49. The number of hydrogen-bond acceptors (Lipinski definition) is 9. The molecule has 3 N–H and O–H groups in total. The zero-order valence-corrected chi connectivity index (χ0v) is 18.5. The average molecular weight is 478 g/mol. The van der Waals surface area contributed by atoms with Gasteiger partial charge in [0.2, 0.25) is 5.95 Å². The highest BCUT2D eigenvalue weighted by Gasteiger charge is 2.48. The highest BCUT2D eigenvalue weighted by molar-refractivity contribution is 7.49. The summed E-state index contributed by atoms with van der Waals surface area (Å²) in [6, 6.07) is -0.324. The SMILES string of the molecule is Cn1cc(Nc2ncc(Cl)c(NC3COC4C(NP(C)OCC(F)F)COC34)n2)cn1. The molecule has 14 heteroatoms. The molecule has 2 saturated heterocycles. The van der Waals surface area contributed by atoms with Crippen molar-refractivity contribution < 1.29 is 22.8 Å². The van der Waals surface area contributed by atoms with Crippen molar-refractivity contribution in [2.45, 2.75) is 30.7 Å². The topological polar surface area (TPSA) is 107 Å². The number of anilines is 3. The Morgan fingerprint density at radius 1 is 1.29 bits per heavy atom. The van der Waals surface area contributed by atoms with Crippen molar-refractivity contribution in [3.63, 3.8) is 0 Å². The molecule has 0 aliphatic carbocycles. The van der Waals surface area contributed by atoms with Gasteiger partial charge in [0.1, 0.15) is 23.8 Å². The first-order valence-electron chi connectivity index (χ1n) is 9.58. The van der Waals surface area contributed by atoms with Crippen molar-refractivity contribution in [3.05, 3.63) is 23.6 Å². The summed E-state index contributed by atoms with van der Waals surface area (Å²) >= 11 is 6.28. The molecule has 5 atom stereocenters. The van der Waals surface area contributed by atoms with Crippen LogP contribution in [0.5, 0.6) is 0 Å². The molecule has 10 nitrogen and oxygen atoms in total. The van der Waals surface area contributed by atoms with Gasteiger partial charge in [0, 0.05) is 13.2 Å². The number of halogens is 3. The van der Waals surface area contributed by atoms with Crippen molar-refractivity contribution in [2.24, 2.45) is 7.05 Å². The lowest BCUT2D eigenvalue weighted by Crippen LogP contribution is -2.40. The fraction of sp³-hybridized carbons (Fsp3) is 0.588. The molecule has 4 heterocycles. The van der Waals surface area contributed by atoms with Crippen LogP contribution in [0.15, 0.2) is 18.6 Å². The van der Waals surface area contributed by atoms with Crippen LogP contribution in [0.25, 0.3) is 0 Å². The van der Waals surface area contributed by atoms with Crippen molar-refractivity contribution in [3.8, 4) is 0 Å². The van der Waals surface area contributed by atoms with E-state index in [4.69, 9.17) is 25.6 Å². The van der Waals surface area contributed by atoms with E-state index in [-0.39, 0.29) is 24.3 Å². The van der Waals surface area contributed by atoms with Crippen LogP contribution >= 0.6 is 19.9 Å². The van der Waals surface area contributed by atoms with Crippen LogP contribution in [0.3, 0.4) is 0 Å². The zero-order chi connectivity index (χ0) is 22.0. The second kappa shape index (κ2) is 9.85. The number of rotatable bonds is 9. The third-order valence-corrected chi connectivity index (χ3v) is 6.33. The summed E-state index contributed by atoms with van der Waals surface area (Å²) in [5.41, 5.74) is 0.748. The minimum atomic E-state index is -2.49. The Kier molecular flexibility index (Phi) is 7.15. The van der Waals surface area contributed by atoms with E-state index in [0.29, 0.717) is 30.0 Å². The molecule has 0 amide bonds. The van der Waals surface area contributed by atoms with Crippen LogP contribution in [-0.4, -0.2) is 77.0 Å². The third-order valence-electron chi connectivity index (χ3n) is 4.82.